The second-order valence-electron chi connectivity index (χ2n) is 3.85. The molecular weight excluding hydrogens is 342 g/mol. The first-order valence-corrected chi connectivity index (χ1v) is 6.39. The van der Waals surface area contributed by atoms with E-state index in [-0.39, 0.29) is 17.3 Å². The average Bonchev–Trinajstić information content (AvgIpc) is 2.48. The zero-order valence-electron chi connectivity index (χ0n) is 10.7. The van der Waals surface area contributed by atoms with Gasteiger partial charge in [0.15, 0.2) is 0 Å². The lowest BCUT2D eigenvalue weighted by Crippen LogP contribution is -1.96. The maximum atomic E-state index is 11.0. The number of aromatic nitrogens is 1. The summed E-state index contributed by atoms with van der Waals surface area (Å²) >= 11 is 3.11. The van der Waals surface area contributed by atoms with E-state index in [0.717, 1.165) is 0 Å². The summed E-state index contributed by atoms with van der Waals surface area (Å²) in [7, 11) is 1.45. The summed E-state index contributed by atoms with van der Waals surface area (Å²) in [5.41, 5.74) is 0.0230. The van der Waals surface area contributed by atoms with E-state index in [1.165, 1.54) is 37.6 Å². The molecule has 0 spiro atoms. The Morgan fingerprint density at radius 2 is 2.05 bits per heavy atom. The van der Waals surface area contributed by atoms with Gasteiger partial charge in [-0.3, -0.25) is 10.1 Å². The number of benzene rings is 1. The van der Waals surface area contributed by atoms with E-state index >= 15 is 0 Å². The van der Waals surface area contributed by atoms with Crippen LogP contribution < -0.4 is 9.47 Å². The summed E-state index contributed by atoms with van der Waals surface area (Å²) in [6.07, 6.45) is 1.38. The Bertz CT molecular complexity index is 743. The number of nitriles is 1. The number of nitrogens with zero attached hydrogens (tertiary/aromatic N) is 3. The van der Waals surface area contributed by atoms with Crippen molar-refractivity contribution in [3.8, 4) is 23.4 Å². The molecule has 0 saturated heterocycles. The molecule has 0 atom stereocenters. The van der Waals surface area contributed by atoms with Crippen LogP contribution in [0.5, 0.6) is 17.4 Å². The number of hydrogen-bond donors (Lipinski definition) is 0. The van der Waals surface area contributed by atoms with E-state index in [0.29, 0.717) is 15.8 Å². The fourth-order valence-corrected chi connectivity index (χ4v) is 1.87. The van der Waals surface area contributed by atoms with Gasteiger partial charge >= 0.3 is 5.69 Å². The molecule has 1 aromatic carbocycles. The third kappa shape index (κ3) is 3.46. The van der Waals surface area contributed by atoms with Crippen molar-refractivity contribution in [2.75, 3.05) is 7.11 Å². The van der Waals surface area contributed by atoms with E-state index in [1.54, 1.807) is 0 Å². The van der Waals surface area contributed by atoms with Crippen LogP contribution in [-0.4, -0.2) is 17.0 Å². The summed E-state index contributed by atoms with van der Waals surface area (Å²) < 4.78 is 10.9. The van der Waals surface area contributed by atoms with Gasteiger partial charge in [0.2, 0.25) is 0 Å². The van der Waals surface area contributed by atoms with E-state index < -0.39 is 4.92 Å². The fraction of sp³-hybridized carbons (Fsp3) is 0.0769. The average molecular weight is 350 g/mol. The molecule has 0 amide bonds. The van der Waals surface area contributed by atoms with Crippen molar-refractivity contribution in [1.29, 1.82) is 5.26 Å². The molecule has 1 aromatic heterocycles. The number of rotatable bonds is 4. The number of halogens is 1. The topological polar surface area (TPSA) is 98.3 Å². The zero-order valence-corrected chi connectivity index (χ0v) is 12.3. The first-order chi connectivity index (χ1) is 10.0. The molecule has 106 valence electrons. The normalized spacial score (nSPS) is 9.76. The second kappa shape index (κ2) is 6.19. The Hall–Kier alpha value is -2.66. The van der Waals surface area contributed by atoms with Crippen LogP contribution in [0.15, 0.2) is 34.9 Å². The fourth-order valence-electron chi connectivity index (χ4n) is 1.55. The Balaban J connectivity index is 2.43. The predicted molar refractivity (Wildman–Crippen MR) is 76.4 cm³/mol. The number of nitro groups is 1. The molecule has 1 heterocycles. The van der Waals surface area contributed by atoms with E-state index in [1.807, 2.05) is 6.07 Å². The van der Waals surface area contributed by atoms with Crippen LogP contribution in [0, 0.1) is 21.4 Å². The van der Waals surface area contributed by atoms with Crippen molar-refractivity contribution in [2.45, 2.75) is 0 Å². The van der Waals surface area contributed by atoms with E-state index in [9.17, 15) is 10.1 Å². The van der Waals surface area contributed by atoms with E-state index in [2.05, 4.69) is 20.9 Å². The maximum Gasteiger partial charge on any atom is 0.332 e. The first kappa shape index (κ1) is 14.7. The lowest BCUT2D eigenvalue weighted by molar-refractivity contribution is -0.386. The van der Waals surface area contributed by atoms with Gasteiger partial charge in [0.25, 0.3) is 5.88 Å². The van der Waals surface area contributed by atoms with Gasteiger partial charge in [-0.05, 0) is 28.1 Å². The molecule has 0 fully saturated rings. The summed E-state index contributed by atoms with van der Waals surface area (Å²) in [6.45, 7) is 0. The molecule has 0 bridgehead atoms. The monoisotopic (exact) mass is 349 g/mol. The molecule has 2 rings (SSSR count). The molecule has 0 N–H and O–H groups in total. The molecular formula is C13H8BrN3O4. The minimum absolute atomic E-state index is 0.166. The minimum Gasteiger partial charge on any atom is -0.497 e. The summed E-state index contributed by atoms with van der Waals surface area (Å²) in [5.74, 6) is 0.466. The van der Waals surface area contributed by atoms with Crippen LogP contribution >= 0.6 is 15.9 Å². The van der Waals surface area contributed by atoms with Crippen molar-refractivity contribution in [3.63, 3.8) is 0 Å². The molecule has 7 nitrogen and oxygen atoms in total. The highest BCUT2D eigenvalue weighted by Gasteiger charge is 2.18. The van der Waals surface area contributed by atoms with Crippen LogP contribution in [0.3, 0.4) is 0 Å². The SMILES string of the molecule is COc1cc(C#N)cc(Oc2ncc(Br)cc2[N+](=O)[O-])c1. The lowest BCUT2D eigenvalue weighted by Gasteiger charge is -2.07. The van der Waals surface area contributed by atoms with Crippen molar-refractivity contribution in [1.82, 2.24) is 4.98 Å². The molecule has 0 aliphatic heterocycles. The molecule has 0 aliphatic carbocycles. The second-order valence-corrected chi connectivity index (χ2v) is 4.76. The van der Waals surface area contributed by atoms with Gasteiger partial charge in [-0.1, -0.05) is 0 Å². The molecule has 8 heteroatoms. The summed E-state index contributed by atoms with van der Waals surface area (Å²) in [5, 5.41) is 19.9. The summed E-state index contributed by atoms with van der Waals surface area (Å²) in [6, 6.07) is 7.71. The molecule has 0 saturated carbocycles. The van der Waals surface area contributed by atoms with Crippen LogP contribution in [-0.2, 0) is 0 Å². The van der Waals surface area contributed by atoms with Gasteiger partial charge < -0.3 is 9.47 Å². The predicted octanol–water partition coefficient (Wildman–Crippen LogP) is 3.42. The van der Waals surface area contributed by atoms with Gasteiger partial charge in [-0.25, -0.2) is 4.98 Å². The maximum absolute atomic E-state index is 11.0. The van der Waals surface area contributed by atoms with Crippen LogP contribution in [0.2, 0.25) is 0 Å². The minimum atomic E-state index is -0.599. The van der Waals surface area contributed by atoms with E-state index in [4.69, 9.17) is 14.7 Å². The largest absolute Gasteiger partial charge is 0.497 e. The molecule has 2 aromatic rings. The highest BCUT2D eigenvalue weighted by molar-refractivity contribution is 9.10. The van der Waals surface area contributed by atoms with Crippen LogP contribution in [0.4, 0.5) is 5.69 Å². The smallest absolute Gasteiger partial charge is 0.332 e. The Kier molecular flexibility index (Phi) is 4.35. The van der Waals surface area contributed by atoms with Gasteiger partial charge in [-0.15, -0.1) is 0 Å². The van der Waals surface area contributed by atoms with Crippen LogP contribution in [0.25, 0.3) is 0 Å². The van der Waals surface area contributed by atoms with Gasteiger partial charge in [-0.2, -0.15) is 5.26 Å². The Morgan fingerprint density at radius 3 is 2.67 bits per heavy atom. The number of methoxy groups -OCH3 is 1. The van der Waals surface area contributed by atoms with Crippen molar-refractivity contribution < 1.29 is 14.4 Å². The molecule has 21 heavy (non-hydrogen) atoms. The standard InChI is InChI=1S/C13H8BrN3O4/c1-20-10-2-8(6-15)3-11(5-10)21-13-12(17(18)19)4-9(14)7-16-13/h2-5,7H,1H3. The Morgan fingerprint density at radius 1 is 1.33 bits per heavy atom. The van der Waals surface area contributed by atoms with Crippen molar-refractivity contribution >= 4 is 21.6 Å². The third-order valence-corrected chi connectivity index (χ3v) is 2.89. The van der Waals surface area contributed by atoms with Gasteiger partial charge in [0.05, 0.1) is 23.7 Å². The molecule has 0 aliphatic rings. The highest BCUT2D eigenvalue weighted by atomic mass is 79.9. The number of hydrogen-bond acceptors (Lipinski definition) is 6. The highest BCUT2D eigenvalue weighted by Crippen LogP contribution is 2.33. The Labute approximate surface area is 128 Å². The van der Waals surface area contributed by atoms with Gasteiger partial charge in [0.1, 0.15) is 11.5 Å². The lowest BCUT2D eigenvalue weighted by atomic mass is 10.2. The van der Waals surface area contributed by atoms with Crippen molar-refractivity contribution in [2.24, 2.45) is 0 Å². The molecule has 0 unspecified atom stereocenters. The number of pyridine rings is 1. The zero-order chi connectivity index (χ0) is 15.4. The first-order valence-electron chi connectivity index (χ1n) is 5.60. The summed E-state index contributed by atoms with van der Waals surface area (Å²) in [4.78, 5) is 14.3. The van der Waals surface area contributed by atoms with Gasteiger partial charge in [0, 0.05) is 22.8 Å². The third-order valence-electron chi connectivity index (χ3n) is 2.45. The number of ether oxygens (including phenoxy) is 2. The quantitative estimate of drug-likeness (QED) is 0.619. The van der Waals surface area contributed by atoms with Crippen molar-refractivity contribution in [3.05, 3.63) is 50.6 Å². The van der Waals surface area contributed by atoms with Crippen LogP contribution in [0.1, 0.15) is 5.56 Å². The molecule has 0 radical (unpaired) electrons.